The van der Waals surface area contributed by atoms with Crippen LogP contribution in [0.15, 0.2) is 12.2 Å². The largest absolute Gasteiger partial charge is 0.450 e. The number of carbonyl (C=O) groups is 1. The van der Waals surface area contributed by atoms with E-state index < -0.39 is 48.1 Å². The van der Waals surface area contributed by atoms with Crippen molar-refractivity contribution in [2.75, 3.05) is 6.61 Å². The van der Waals surface area contributed by atoms with Crippen molar-refractivity contribution in [3.63, 3.8) is 0 Å². The molecule has 1 heterocycles. The molecule has 150 valence electrons. The van der Waals surface area contributed by atoms with Crippen LogP contribution >= 0.6 is 0 Å². The summed E-state index contributed by atoms with van der Waals surface area (Å²) in [6.45, 7) is 5.85. The Balaban J connectivity index is 2.51. The van der Waals surface area contributed by atoms with Gasteiger partial charge in [0.05, 0.1) is 12.7 Å². The van der Waals surface area contributed by atoms with Gasteiger partial charge in [0.2, 0.25) is 5.60 Å². The molecule has 2 aliphatic rings. The summed E-state index contributed by atoms with van der Waals surface area (Å²) in [5, 5.41) is 0. The maximum absolute atomic E-state index is 15.3. The molecule has 1 saturated heterocycles. The van der Waals surface area contributed by atoms with Crippen molar-refractivity contribution in [2.45, 2.75) is 76.0 Å². The van der Waals surface area contributed by atoms with Gasteiger partial charge in [0.25, 0.3) is 0 Å². The number of rotatable bonds is 5. The van der Waals surface area contributed by atoms with Crippen molar-refractivity contribution in [3.8, 4) is 0 Å². The molecule has 4 nitrogen and oxygen atoms in total. The predicted molar refractivity (Wildman–Crippen MR) is 81.5 cm³/mol. The van der Waals surface area contributed by atoms with Gasteiger partial charge in [-0.15, -0.1) is 0 Å². The van der Waals surface area contributed by atoms with Gasteiger partial charge in [-0.2, -0.15) is 22.0 Å². The molecule has 0 aromatic carbocycles. The minimum Gasteiger partial charge on any atom is -0.446 e. The summed E-state index contributed by atoms with van der Waals surface area (Å²) in [5.41, 5.74) is -3.03. The first-order chi connectivity index (χ1) is 11.8. The molecule has 1 aliphatic carbocycles. The summed E-state index contributed by atoms with van der Waals surface area (Å²) in [6.07, 6.45) is -4.88. The molecule has 2 atom stereocenters. The second-order valence-electron chi connectivity index (χ2n) is 7.22. The van der Waals surface area contributed by atoms with Crippen LogP contribution in [0.25, 0.3) is 0 Å². The van der Waals surface area contributed by atoms with Crippen molar-refractivity contribution in [3.05, 3.63) is 12.2 Å². The minimum atomic E-state index is -5.52. The van der Waals surface area contributed by atoms with Gasteiger partial charge in [-0.25, -0.2) is 4.79 Å². The van der Waals surface area contributed by atoms with E-state index in [0.717, 1.165) is 0 Å². The maximum Gasteiger partial charge on any atom is 0.450 e. The smallest absolute Gasteiger partial charge is 0.446 e. The molecule has 2 rings (SSSR count). The number of hydrogen-bond acceptors (Lipinski definition) is 4. The number of ether oxygens (including phenoxy) is 3. The molecule has 9 heteroatoms. The zero-order valence-corrected chi connectivity index (χ0v) is 14.9. The van der Waals surface area contributed by atoms with E-state index in [2.05, 4.69) is 11.3 Å². The summed E-state index contributed by atoms with van der Waals surface area (Å²) < 4.78 is 86.4. The summed E-state index contributed by atoms with van der Waals surface area (Å²) >= 11 is 0. The third-order valence-corrected chi connectivity index (χ3v) is 5.00. The van der Waals surface area contributed by atoms with E-state index in [1.807, 2.05) is 0 Å². The Hall–Kier alpha value is -1.22. The SMILES string of the molecule is C=C(C)C(=O)OC1(C(C)C)COC(OC2CCCC2)(C(F)(F)F)C1(F)F. The van der Waals surface area contributed by atoms with E-state index in [1.54, 1.807) is 0 Å². The summed E-state index contributed by atoms with van der Waals surface area (Å²) in [7, 11) is 0. The molecule has 1 saturated carbocycles. The third-order valence-electron chi connectivity index (χ3n) is 5.00. The van der Waals surface area contributed by atoms with Crippen LogP contribution in [0, 0.1) is 5.92 Å². The lowest BCUT2D eigenvalue weighted by atomic mass is 9.82. The van der Waals surface area contributed by atoms with Gasteiger partial charge < -0.3 is 14.2 Å². The molecular weight excluding hydrogens is 363 g/mol. The van der Waals surface area contributed by atoms with E-state index in [4.69, 9.17) is 9.47 Å². The van der Waals surface area contributed by atoms with Gasteiger partial charge >= 0.3 is 23.9 Å². The van der Waals surface area contributed by atoms with Crippen LogP contribution in [0.4, 0.5) is 22.0 Å². The number of hydrogen-bond donors (Lipinski definition) is 0. The second-order valence-corrected chi connectivity index (χ2v) is 7.22. The lowest BCUT2D eigenvalue weighted by Crippen LogP contribution is -2.67. The number of alkyl halides is 5. The minimum absolute atomic E-state index is 0.206. The van der Waals surface area contributed by atoms with Gasteiger partial charge in [-0.05, 0) is 19.8 Å². The fourth-order valence-electron chi connectivity index (χ4n) is 3.34. The molecule has 26 heavy (non-hydrogen) atoms. The first kappa shape index (κ1) is 21.1. The standard InChI is InChI=1S/C17H23F5O4/c1-10(2)13(23)26-14(11(3)4)9-24-16(15(14,18)19,17(20,21)22)25-12-7-5-6-8-12/h11-12H,1,5-9H2,2-4H3. The van der Waals surface area contributed by atoms with E-state index in [0.29, 0.717) is 12.8 Å². The Morgan fingerprint density at radius 3 is 2.19 bits per heavy atom. The van der Waals surface area contributed by atoms with E-state index in [1.165, 1.54) is 20.8 Å². The quantitative estimate of drug-likeness (QED) is 0.400. The maximum atomic E-state index is 15.3. The van der Waals surface area contributed by atoms with Crippen LogP contribution < -0.4 is 0 Å². The first-order valence-electron chi connectivity index (χ1n) is 8.46. The highest BCUT2D eigenvalue weighted by atomic mass is 19.4. The van der Waals surface area contributed by atoms with Crippen LogP contribution in [-0.2, 0) is 19.0 Å². The van der Waals surface area contributed by atoms with Gasteiger partial charge in [-0.3, -0.25) is 0 Å². The molecule has 0 aromatic heterocycles. The van der Waals surface area contributed by atoms with Gasteiger partial charge in [0.15, 0.2) is 0 Å². The highest BCUT2D eigenvalue weighted by molar-refractivity contribution is 5.87. The summed E-state index contributed by atoms with van der Waals surface area (Å²) in [4.78, 5) is 11.9. The Labute approximate surface area is 148 Å². The molecule has 1 aliphatic heterocycles. The van der Waals surface area contributed by atoms with Crippen molar-refractivity contribution >= 4 is 5.97 Å². The fourth-order valence-corrected chi connectivity index (χ4v) is 3.34. The van der Waals surface area contributed by atoms with Gasteiger partial charge in [0.1, 0.15) is 0 Å². The van der Waals surface area contributed by atoms with Gasteiger partial charge in [0, 0.05) is 11.5 Å². The number of carbonyl (C=O) groups excluding carboxylic acids is 1. The first-order valence-corrected chi connectivity index (χ1v) is 8.46. The fraction of sp³-hybridized carbons (Fsp3) is 0.824. The molecule has 0 spiro atoms. The Kier molecular flexibility index (Phi) is 5.47. The number of esters is 1. The lowest BCUT2D eigenvalue weighted by Gasteiger charge is -2.42. The summed E-state index contributed by atoms with van der Waals surface area (Å²) in [5.74, 6) is -11.2. The molecule has 2 unspecified atom stereocenters. The van der Waals surface area contributed by atoms with E-state index >= 15 is 8.78 Å². The zero-order valence-electron chi connectivity index (χ0n) is 14.9. The highest BCUT2D eigenvalue weighted by Crippen LogP contribution is 2.59. The second kappa shape index (κ2) is 6.74. The van der Waals surface area contributed by atoms with Crippen LogP contribution in [0.5, 0.6) is 0 Å². The molecule has 0 N–H and O–H groups in total. The molecule has 0 aromatic rings. The molecule has 2 fully saturated rings. The highest BCUT2D eigenvalue weighted by Gasteiger charge is 2.86. The molecule has 0 radical (unpaired) electrons. The van der Waals surface area contributed by atoms with Crippen molar-refractivity contribution in [2.24, 2.45) is 5.92 Å². The molecule has 0 bridgehead atoms. The van der Waals surface area contributed by atoms with Crippen LogP contribution in [-0.4, -0.2) is 42.2 Å². The Morgan fingerprint density at radius 1 is 1.23 bits per heavy atom. The van der Waals surface area contributed by atoms with Crippen LogP contribution in [0.3, 0.4) is 0 Å². The average molecular weight is 386 g/mol. The van der Waals surface area contributed by atoms with Crippen LogP contribution in [0.2, 0.25) is 0 Å². The zero-order chi connectivity index (χ0) is 20.0. The summed E-state index contributed by atoms with van der Waals surface area (Å²) in [6, 6.07) is 0. The van der Waals surface area contributed by atoms with Gasteiger partial charge in [-0.1, -0.05) is 33.3 Å². The third kappa shape index (κ3) is 3.02. The number of halogens is 5. The van der Waals surface area contributed by atoms with Crippen molar-refractivity contribution < 1.29 is 41.0 Å². The Bertz CT molecular complexity index is 568. The van der Waals surface area contributed by atoms with Crippen molar-refractivity contribution in [1.82, 2.24) is 0 Å². The monoisotopic (exact) mass is 386 g/mol. The lowest BCUT2D eigenvalue weighted by molar-refractivity contribution is -0.433. The Morgan fingerprint density at radius 2 is 1.77 bits per heavy atom. The van der Waals surface area contributed by atoms with E-state index in [9.17, 15) is 18.0 Å². The van der Waals surface area contributed by atoms with Crippen LogP contribution in [0.1, 0.15) is 46.5 Å². The predicted octanol–water partition coefficient (Wildman–Crippen LogP) is 4.38. The topological polar surface area (TPSA) is 44.8 Å². The molecular formula is C17H23F5O4. The normalized spacial score (nSPS) is 32.2. The molecule has 0 amide bonds. The van der Waals surface area contributed by atoms with Crippen molar-refractivity contribution in [1.29, 1.82) is 0 Å². The average Bonchev–Trinajstić information content (AvgIpc) is 3.07. The van der Waals surface area contributed by atoms with E-state index in [-0.39, 0.29) is 18.4 Å².